The first-order valence-corrected chi connectivity index (χ1v) is 18.6. The molecular formula is C46H31N3O2S. The average molecular weight is 690 g/mol. The number of sulfone groups is 1. The van der Waals surface area contributed by atoms with Crippen molar-refractivity contribution in [3.8, 4) is 45.3 Å². The topological polar surface area (TPSA) is 72.8 Å². The Labute approximate surface area is 302 Å². The lowest BCUT2D eigenvalue weighted by molar-refractivity contribution is 0.579. The van der Waals surface area contributed by atoms with Gasteiger partial charge in [0.15, 0.2) is 17.5 Å². The van der Waals surface area contributed by atoms with E-state index in [-0.39, 0.29) is 9.79 Å². The van der Waals surface area contributed by atoms with E-state index in [2.05, 4.69) is 42.5 Å². The molecule has 0 saturated carbocycles. The Balaban J connectivity index is 1.36. The van der Waals surface area contributed by atoms with Crippen LogP contribution in [0.2, 0.25) is 0 Å². The summed E-state index contributed by atoms with van der Waals surface area (Å²) in [6.07, 6.45) is 0. The molecule has 0 fully saturated rings. The normalized spacial score (nSPS) is 13.8. The molecule has 6 heteroatoms. The lowest BCUT2D eigenvalue weighted by atomic mass is 9.63. The summed E-state index contributed by atoms with van der Waals surface area (Å²) in [5.74, 6) is 1.57. The fraction of sp³-hybridized carbons (Fsp3) is 0.0217. The van der Waals surface area contributed by atoms with E-state index in [9.17, 15) is 8.42 Å². The maximum absolute atomic E-state index is 14.3. The van der Waals surface area contributed by atoms with Gasteiger partial charge < -0.3 is 0 Å². The largest absolute Gasteiger partial charge is 0.218 e. The maximum atomic E-state index is 14.3. The maximum Gasteiger partial charge on any atom is 0.207 e. The summed E-state index contributed by atoms with van der Waals surface area (Å²) in [5, 5.41) is 0. The number of aromatic nitrogens is 3. The molecule has 0 radical (unpaired) electrons. The Bertz CT molecular complexity index is 2640. The molecule has 0 N–H and O–H groups in total. The third kappa shape index (κ3) is 5.07. The van der Waals surface area contributed by atoms with Crippen molar-refractivity contribution in [2.45, 2.75) is 15.2 Å². The fourth-order valence-corrected chi connectivity index (χ4v) is 9.32. The Kier molecular flexibility index (Phi) is 7.67. The van der Waals surface area contributed by atoms with Crippen LogP contribution in [0.4, 0.5) is 0 Å². The smallest absolute Gasteiger partial charge is 0.207 e. The number of rotatable bonds is 6. The van der Waals surface area contributed by atoms with Crippen molar-refractivity contribution in [1.82, 2.24) is 15.0 Å². The second kappa shape index (κ2) is 12.7. The molecule has 0 bridgehead atoms. The first-order chi connectivity index (χ1) is 25.5. The average Bonchev–Trinajstić information content (AvgIpc) is 3.22. The summed E-state index contributed by atoms with van der Waals surface area (Å²) in [4.78, 5) is 16.0. The van der Waals surface area contributed by atoms with Gasteiger partial charge in [0.2, 0.25) is 9.84 Å². The molecule has 2 heterocycles. The van der Waals surface area contributed by atoms with Crippen LogP contribution in [0.3, 0.4) is 0 Å². The minimum atomic E-state index is -3.82. The van der Waals surface area contributed by atoms with Gasteiger partial charge in [0.25, 0.3) is 0 Å². The zero-order valence-corrected chi connectivity index (χ0v) is 28.8. The number of hydrogen-bond acceptors (Lipinski definition) is 5. The molecule has 248 valence electrons. The van der Waals surface area contributed by atoms with E-state index >= 15 is 0 Å². The monoisotopic (exact) mass is 689 g/mol. The van der Waals surface area contributed by atoms with Crippen LogP contribution in [0.1, 0.15) is 22.3 Å². The van der Waals surface area contributed by atoms with Gasteiger partial charge in [0.05, 0.1) is 15.2 Å². The van der Waals surface area contributed by atoms with Crippen LogP contribution in [-0.4, -0.2) is 23.4 Å². The van der Waals surface area contributed by atoms with E-state index in [0.717, 1.165) is 38.9 Å². The van der Waals surface area contributed by atoms with Crippen LogP contribution < -0.4 is 0 Å². The van der Waals surface area contributed by atoms with E-state index < -0.39 is 15.3 Å². The second-order valence-corrected chi connectivity index (χ2v) is 14.7. The molecule has 9 rings (SSSR count). The number of nitrogens with zero attached hydrogens (tertiary/aromatic N) is 3. The van der Waals surface area contributed by atoms with Gasteiger partial charge in [-0.05, 0) is 51.6 Å². The van der Waals surface area contributed by atoms with Crippen molar-refractivity contribution in [3.63, 3.8) is 0 Å². The summed E-state index contributed by atoms with van der Waals surface area (Å²) < 4.78 is 28.6. The van der Waals surface area contributed by atoms with Gasteiger partial charge in [0, 0.05) is 16.7 Å². The molecule has 1 aliphatic rings. The van der Waals surface area contributed by atoms with Gasteiger partial charge in [-0.1, -0.05) is 170 Å². The molecule has 8 aromatic rings. The van der Waals surface area contributed by atoms with Crippen LogP contribution in [0, 0.1) is 0 Å². The Morgan fingerprint density at radius 1 is 0.365 bits per heavy atom. The Hall–Kier alpha value is -6.50. The number of benzene rings is 7. The molecule has 0 aliphatic carbocycles. The van der Waals surface area contributed by atoms with Crippen LogP contribution in [0.15, 0.2) is 198 Å². The third-order valence-corrected chi connectivity index (χ3v) is 11.7. The highest BCUT2D eigenvalue weighted by atomic mass is 32.2. The molecule has 5 nitrogen and oxygen atoms in total. The van der Waals surface area contributed by atoms with Crippen LogP contribution in [0.25, 0.3) is 45.3 Å². The van der Waals surface area contributed by atoms with Gasteiger partial charge in [-0.25, -0.2) is 23.4 Å². The van der Waals surface area contributed by atoms with E-state index in [1.54, 1.807) is 24.3 Å². The molecule has 52 heavy (non-hydrogen) atoms. The van der Waals surface area contributed by atoms with E-state index in [1.165, 1.54) is 0 Å². The van der Waals surface area contributed by atoms with E-state index in [0.29, 0.717) is 28.6 Å². The summed E-state index contributed by atoms with van der Waals surface area (Å²) >= 11 is 0. The number of fused-ring (bicyclic) bond motifs is 2. The highest BCUT2D eigenvalue weighted by molar-refractivity contribution is 7.91. The molecule has 0 amide bonds. The molecule has 1 aromatic heterocycles. The standard InChI is InChI=1S/C46H31N3O2S/c50-52(51)41-29-14-12-27-39(41)46(36-23-8-3-9-24-36,40-28-13-15-30-42(40)52)38-26-11-10-25-37(38)45-48-43(33-19-6-2-7-20-33)47-44(49-45)35-22-16-21-34(31-35)32-17-4-1-5-18-32/h1-31H. The zero-order chi connectivity index (χ0) is 35.1. The van der Waals surface area contributed by atoms with Crippen molar-refractivity contribution >= 4 is 9.84 Å². The summed E-state index contributed by atoms with van der Waals surface area (Å²) in [7, 11) is -3.82. The van der Waals surface area contributed by atoms with E-state index in [4.69, 9.17) is 15.0 Å². The van der Waals surface area contributed by atoms with Crippen LogP contribution in [-0.2, 0) is 15.3 Å². The fourth-order valence-electron chi connectivity index (χ4n) is 7.55. The van der Waals surface area contributed by atoms with Gasteiger partial charge >= 0.3 is 0 Å². The Morgan fingerprint density at radius 2 is 0.808 bits per heavy atom. The summed E-state index contributed by atoms with van der Waals surface area (Å²) in [6.45, 7) is 0. The second-order valence-electron chi connectivity index (χ2n) is 12.8. The third-order valence-electron chi connectivity index (χ3n) is 9.84. The highest BCUT2D eigenvalue weighted by Gasteiger charge is 2.49. The number of hydrogen-bond donors (Lipinski definition) is 0. The predicted molar refractivity (Wildman–Crippen MR) is 205 cm³/mol. The molecule has 0 spiro atoms. The SMILES string of the molecule is O=S1(=O)c2ccccc2C(c2ccccc2)(c2ccccc2-c2nc(-c3ccccc3)nc(-c3cccc(-c4ccccc4)c3)n2)c2ccccc21. The molecular weight excluding hydrogens is 659 g/mol. The predicted octanol–water partition coefficient (Wildman–Crippen LogP) is 10.1. The van der Waals surface area contributed by atoms with Crippen molar-refractivity contribution in [2.24, 2.45) is 0 Å². The van der Waals surface area contributed by atoms with Gasteiger partial charge in [-0.15, -0.1) is 0 Å². The van der Waals surface area contributed by atoms with Crippen LogP contribution in [0.5, 0.6) is 0 Å². The molecule has 0 saturated heterocycles. The van der Waals surface area contributed by atoms with Gasteiger partial charge in [-0.3, -0.25) is 0 Å². The van der Waals surface area contributed by atoms with Gasteiger partial charge in [-0.2, -0.15) is 0 Å². The summed E-state index contributed by atoms with van der Waals surface area (Å²) in [6, 6.07) is 61.4. The first-order valence-electron chi connectivity index (χ1n) is 17.1. The zero-order valence-electron chi connectivity index (χ0n) is 28.0. The summed E-state index contributed by atoms with van der Waals surface area (Å²) in [5.41, 5.74) is 6.79. The minimum absolute atomic E-state index is 0.284. The van der Waals surface area contributed by atoms with Crippen molar-refractivity contribution in [1.29, 1.82) is 0 Å². The van der Waals surface area contributed by atoms with Crippen molar-refractivity contribution < 1.29 is 8.42 Å². The van der Waals surface area contributed by atoms with E-state index in [1.807, 2.05) is 121 Å². The first kappa shape index (κ1) is 31.5. The van der Waals surface area contributed by atoms with Crippen molar-refractivity contribution in [3.05, 3.63) is 210 Å². The Morgan fingerprint density at radius 3 is 1.44 bits per heavy atom. The quantitative estimate of drug-likeness (QED) is 0.174. The highest BCUT2D eigenvalue weighted by Crippen LogP contribution is 2.55. The lowest BCUT2D eigenvalue weighted by Crippen LogP contribution is -2.38. The lowest BCUT2D eigenvalue weighted by Gasteiger charge is -2.42. The molecule has 1 aliphatic heterocycles. The van der Waals surface area contributed by atoms with Crippen LogP contribution >= 0.6 is 0 Å². The molecule has 0 unspecified atom stereocenters. The minimum Gasteiger partial charge on any atom is -0.218 e. The van der Waals surface area contributed by atoms with Crippen molar-refractivity contribution in [2.75, 3.05) is 0 Å². The molecule has 7 aromatic carbocycles. The van der Waals surface area contributed by atoms with Gasteiger partial charge in [0.1, 0.15) is 0 Å². The molecule has 0 atom stereocenters.